The largest absolute Gasteiger partial charge is 0.310 e. The third kappa shape index (κ3) is 6.54. The Hall–Kier alpha value is -8.20. The van der Waals surface area contributed by atoms with Crippen molar-refractivity contribution < 1.29 is 0 Å². The summed E-state index contributed by atoms with van der Waals surface area (Å²) in [4.78, 5) is 2.42. The van der Waals surface area contributed by atoms with Gasteiger partial charge in [-0.15, -0.1) is 0 Å². The Bertz CT molecular complexity index is 3880. The number of anilines is 3. The zero-order chi connectivity index (χ0) is 47.5. The summed E-state index contributed by atoms with van der Waals surface area (Å²) in [5.41, 5.74) is 27.6. The summed E-state index contributed by atoms with van der Waals surface area (Å²) in [5, 5.41) is 2.54. The van der Waals surface area contributed by atoms with Crippen molar-refractivity contribution in [2.45, 2.75) is 52.4 Å². The van der Waals surface area contributed by atoms with E-state index in [1.165, 1.54) is 111 Å². The van der Waals surface area contributed by atoms with Gasteiger partial charge in [0.2, 0.25) is 0 Å². The normalized spacial score (nSPS) is 13.8. The molecule has 1 aromatic heterocycles. The second-order valence-electron chi connectivity index (χ2n) is 20.8. The van der Waals surface area contributed by atoms with Crippen molar-refractivity contribution in [1.29, 1.82) is 0 Å². The van der Waals surface area contributed by atoms with E-state index >= 15 is 0 Å². The number of fused-ring (bicyclic) bond motifs is 9. The molecule has 0 fully saturated rings. The van der Waals surface area contributed by atoms with E-state index in [1.54, 1.807) is 0 Å². The molecule has 0 radical (unpaired) electrons. The van der Waals surface area contributed by atoms with Crippen LogP contribution in [0.4, 0.5) is 17.1 Å². The van der Waals surface area contributed by atoms with Crippen LogP contribution in [0.1, 0.15) is 61.1 Å². The highest BCUT2D eigenvalue weighted by molar-refractivity contribution is 6.11. The Balaban J connectivity index is 0.849. The van der Waals surface area contributed by atoms with Crippen LogP contribution < -0.4 is 4.90 Å². The summed E-state index contributed by atoms with van der Waals surface area (Å²) < 4.78 is 2.43. The van der Waals surface area contributed by atoms with Gasteiger partial charge < -0.3 is 9.47 Å². The lowest BCUT2D eigenvalue weighted by molar-refractivity contribution is 0.660. The lowest BCUT2D eigenvalue weighted by atomic mass is 9.81. The average Bonchev–Trinajstić information content (AvgIpc) is 3.92. The quantitative estimate of drug-likeness (QED) is 0.155. The number of hydrogen-bond acceptors (Lipinski definition) is 1. The molecular formula is C68H54N2. The van der Waals surface area contributed by atoms with Gasteiger partial charge in [0.1, 0.15) is 0 Å². The number of rotatable bonds is 7. The predicted molar refractivity (Wildman–Crippen MR) is 296 cm³/mol. The maximum absolute atomic E-state index is 2.44. The Morgan fingerprint density at radius 1 is 0.314 bits per heavy atom. The fraction of sp³-hybridized carbons (Fsp3) is 0.118. The number of benzene rings is 10. The van der Waals surface area contributed by atoms with Gasteiger partial charge in [0.25, 0.3) is 0 Å². The zero-order valence-corrected chi connectivity index (χ0v) is 40.7. The van der Waals surface area contributed by atoms with Gasteiger partial charge in [0.05, 0.1) is 11.0 Å². The molecule has 0 amide bonds. The fourth-order valence-electron chi connectivity index (χ4n) is 12.0. The van der Waals surface area contributed by atoms with Crippen LogP contribution in [-0.4, -0.2) is 4.57 Å². The summed E-state index contributed by atoms with van der Waals surface area (Å²) in [7, 11) is 0. The predicted octanol–water partition coefficient (Wildman–Crippen LogP) is 18.5. The molecule has 2 aliphatic carbocycles. The minimum Gasteiger partial charge on any atom is -0.310 e. The van der Waals surface area contributed by atoms with Crippen LogP contribution in [-0.2, 0) is 10.8 Å². The van der Waals surface area contributed by atoms with Crippen LogP contribution in [0.3, 0.4) is 0 Å². The third-order valence-corrected chi connectivity index (χ3v) is 15.7. The van der Waals surface area contributed by atoms with Crippen molar-refractivity contribution in [3.8, 4) is 61.3 Å². The SMILES string of the molecule is Cc1ccc2c(c1)C(C)(C)c1cc(-c3ccc4c(c3)c3cc(C)ccc3n4-c3ccc(-c4ccc(N(c5cccc(-c6ccccc6)c5)c5ccc6c(c5)C(C)(C)c5ccccc5-6)cc4)cc3)ccc1-2. The molecule has 0 aliphatic heterocycles. The van der Waals surface area contributed by atoms with Crippen LogP contribution in [0.5, 0.6) is 0 Å². The van der Waals surface area contributed by atoms with Gasteiger partial charge >= 0.3 is 0 Å². The molecular weight excluding hydrogens is 845 g/mol. The number of aryl methyl sites for hydroxylation is 2. The van der Waals surface area contributed by atoms with Gasteiger partial charge in [-0.3, -0.25) is 0 Å². The lowest BCUT2D eigenvalue weighted by Gasteiger charge is -2.28. The molecule has 1 heterocycles. The van der Waals surface area contributed by atoms with E-state index in [1.807, 2.05) is 0 Å². The van der Waals surface area contributed by atoms with Crippen molar-refractivity contribution in [1.82, 2.24) is 4.57 Å². The van der Waals surface area contributed by atoms with Crippen LogP contribution >= 0.6 is 0 Å². The number of aromatic nitrogens is 1. The van der Waals surface area contributed by atoms with E-state index in [9.17, 15) is 0 Å². The zero-order valence-electron chi connectivity index (χ0n) is 40.7. The number of hydrogen-bond donors (Lipinski definition) is 0. The van der Waals surface area contributed by atoms with Crippen molar-refractivity contribution in [3.63, 3.8) is 0 Å². The topological polar surface area (TPSA) is 8.17 Å². The first-order chi connectivity index (χ1) is 34.0. The van der Waals surface area contributed by atoms with Crippen LogP contribution in [0.25, 0.3) is 83.1 Å². The summed E-state index contributed by atoms with van der Waals surface area (Å²) >= 11 is 0. The molecule has 13 rings (SSSR count). The highest BCUT2D eigenvalue weighted by Crippen LogP contribution is 2.52. The minimum absolute atomic E-state index is 0.0536. The first kappa shape index (κ1) is 41.9. The second-order valence-corrected chi connectivity index (χ2v) is 20.8. The molecule has 10 aromatic carbocycles. The van der Waals surface area contributed by atoms with Gasteiger partial charge in [-0.1, -0.05) is 178 Å². The van der Waals surface area contributed by atoms with E-state index < -0.39 is 0 Å². The molecule has 11 aromatic rings. The smallest absolute Gasteiger partial charge is 0.0541 e. The molecule has 0 bridgehead atoms. The minimum atomic E-state index is -0.107. The van der Waals surface area contributed by atoms with Gasteiger partial charge in [-0.25, -0.2) is 0 Å². The monoisotopic (exact) mass is 898 g/mol. The first-order valence-electron chi connectivity index (χ1n) is 24.7. The number of nitrogens with zero attached hydrogens (tertiary/aromatic N) is 2. The molecule has 2 nitrogen and oxygen atoms in total. The van der Waals surface area contributed by atoms with Gasteiger partial charge in [-0.05, 0) is 171 Å². The van der Waals surface area contributed by atoms with Gasteiger partial charge in [0, 0.05) is 44.4 Å². The van der Waals surface area contributed by atoms with E-state index in [4.69, 9.17) is 0 Å². The Labute approximate surface area is 411 Å². The summed E-state index contributed by atoms with van der Waals surface area (Å²) in [6.07, 6.45) is 0. The first-order valence-corrected chi connectivity index (χ1v) is 24.7. The van der Waals surface area contributed by atoms with Crippen molar-refractivity contribution in [2.24, 2.45) is 0 Å². The molecule has 0 atom stereocenters. The molecule has 2 heteroatoms. The fourth-order valence-corrected chi connectivity index (χ4v) is 12.0. The van der Waals surface area contributed by atoms with E-state index in [0.29, 0.717) is 0 Å². The van der Waals surface area contributed by atoms with Gasteiger partial charge in [-0.2, -0.15) is 0 Å². The maximum atomic E-state index is 2.44. The molecule has 336 valence electrons. The van der Waals surface area contributed by atoms with Crippen LogP contribution in [0.15, 0.2) is 218 Å². The summed E-state index contributed by atoms with van der Waals surface area (Å²) in [6, 6.07) is 81.7. The lowest BCUT2D eigenvalue weighted by Crippen LogP contribution is -2.16. The van der Waals surface area contributed by atoms with E-state index in [-0.39, 0.29) is 10.8 Å². The molecule has 0 saturated carbocycles. The average molecular weight is 899 g/mol. The Morgan fingerprint density at radius 2 is 0.786 bits per heavy atom. The van der Waals surface area contributed by atoms with E-state index in [0.717, 1.165) is 22.7 Å². The standard InChI is InChI=1S/C68H54N2/c1-43-20-35-65-59(37-43)60-40-49(50-25-33-57-56-32-19-44(2)38-62(56)68(5,6)63(57)41-50)26-36-66(60)70(65)52-29-23-47(24-30-52)46-21-27-51(28-22-46)69(53-16-12-15-48(39-53)45-13-8-7-9-14-45)54-31-34-58-55-17-10-11-18-61(55)67(3,4)64(58)42-54/h7-42H,1-6H3. The third-order valence-electron chi connectivity index (χ3n) is 15.7. The van der Waals surface area contributed by atoms with E-state index in [2.05, 4.69) is 269 Å². The van der Waals surface area contributed by atoms with Crippen LogP contribution in [0.2, 0.25) is 0 Å². The highest BCUT2D eigenvalue weighted by atomic mass is 15.1. The Morgan fingerprint density at radius 3 is 1.56 bits per heavy atom. The second kappa shape index (κ2) is 15.7. The van der Waals surface area contributed by atoms with Crippen molar-refractivity contribution >= 4 is 38.9 Å². The highest BCUT2D eigenvalue weighted by Gasteiger charge is 2.37. The van der Waals surface area contributed by atoms with Crippen molar-refractivity contribution in [2.75, 3.05) is 4.90 Å². The van der Waals surface area contributed by atoms with Crippen molar-refractivity contribution in [3.05, 3.63) is 252 Å². The van der Waals surface area contributed by atoms with Crippen LogP contribution in [0, 0.1) is 13.8 Å². The summed E-state index contributed by atoms with van der Waals surface area (Å²) in [6.45, 7) is 13.9. The molecule has 0 saturated heterocycles. The summed E-state index contributed by atoms with van der Waals surface area (Å²) in [5.74, 6) is 0. The maximum Gasteiger partial charge on any atom is 0.0541 e. The molecule has 0 unspecified atom stereocenters. The molecule has 2 aliphatic rings. The van der Waals surface area contributed by atoms with Gasteiger partial charge in [0.15, 0.2) is 0 Å². The Kier molecular flexibility index (Phi) is 9.39. The molecule has 0 spiro atoms. The molecule has 0 N–H and O–H groups in total. The molecule has 70 heavy (non-hydrogen) atoms.